The van der Waals surface area contributed by atoms with E-state index in [0.29, 0.717) is 0 Å². The quantitative estimate of drug-likeness (QED) is 0.327. The molecule has 0 aliphatic heterocycles. The van der Waals surface area contributed by atoms with E-state index in [1.165, 1.54) is 19.3 Å². The maximum absolute atomic E-state index is 4.99. The third-order valence-electron chi connectivity index (χ3n) is 1.56. The lowest BCUT2D eigenvalue weighted by molar-refractivity contribution is 0.142. The molecule has 0 bridgehead atoms. The van der Waals surface area contributed by atoms with Crippen molar-refractivity contribution in [2.45, 2.75) is 32.6 Å². The molecule has 0 aromatic carbocycles. The molecule has 1 rings (SSSR count). The molecular weight excluding hydrogens is 126 g/mol. The molecule has 1 aliphatic carbocycles. The highest BCUT2D eigenvalue weighted by Crippen LogP contribution is 2.26. The van der Waals surface area contributed by atoms with Crippen LogP contribution in [-0.4, -0.2) is 12.8 Å². The van der Waals surface area contributed by atoms with Crippen molar-refractivity contribution in [1.82, 2.24) is 0 Å². The molecule has 0 N–H and O–H groups in total. The van der Waals surface area contributed by atoms with Gasteiger partial charge in [0.2, 0.25) is 0 Å². The first-order chi connectivity index (χ1) is 4.93. The summed E-state index contributed by atoms with van der Waals surface area (Å²) < 4.78 is 0. The smallest absolute Gasteiger partial charge is 0.117 e. The number of oxime groups is 1. The molecule has 0 unspecified atom stereocenters. The molecule has 0 atom stereocenters. The lowest BCUT2D eigenvalue weighted by atomic mass is 10.4. The zero-order chi connectivity index (χ0) is 7.23. The number of hydrogen-bond donors (Lipinski definition) is 0. The molecule has 10 heavy (non-hydrogen) atoms. The normalized spacial score (nSPS) is 18.1. The Balaban J connectivity index is 1.83. The van der Waals surface area contributed by atoms with Crippen LogP contribution in [-0.2, 0) is 4.84 Å². The lowest BCUT2D eigenvalue weighted by Gasteiger charge is -1.93. The minimum Gasteiger partial charge on any atom is -0.396 e. The van der Waals surface area contributed by atoms with Crippen molar-refractivity contribution < 1.29 is 4.84 Å². The van der Waals surface area contributed by atoms with Crippen LogP contribution >= 0.6 is 0 Å². The number of rotatable bonds is 5. The van der Waals surface area contributed by atoms with E-state index < -0.39 is 0 Å². The van der Waals surface area contributed by atoms with E-state index in [-0.39, 0.29) is 0 Å². The van der Waals surface area contributed by atoms with Crippen LogP contribution in [0.15, 0.2) is 5.16 Å². The van der Waals surface area contributed by atoms with Gasteiger partial charge in [0.15, 0.2) is 0 Å². The van der Waals surface area contributed by atoms with Crippen LogP contribution in [0.5, 0.6) is 0 Å². The van der Waals surface area contributed by atoms with E-state index in [1.807, 2.05) is 6.21 Å². The zero-order valence-corrected chi connectivity index (χ0v) is 6.55. The maximum Gasteiger partial charge on any atom is 0.117 e. The molecule has 0 amide bonds. The van der Waals surface area contributed by atoms with E-state index in [1.54, 1.807) is 0 Å². The summed E-state index contributed by atoms with van der Waals surface area (Å²) in [7, 11) is 0. The highest BCUT2D eigenvalue weighted by Gasteiger charge is 2.18. The Morgan fingerprint density at radius 3 is 3.00 bits per heavy atom. The number of hydrogen-bond acceptors (Lipinski definition) is 2. The van der Waals surface area contributed by atoms with Crippen LogP contribution < -0.4 is 0 Å². The van der Waals surface area contributed by atoms with Gasteiger partial charge in [0.05, 0.1) is 0 Å². The average Bonchev–Trinajstić information content (AvgIpc) is 2.71. The highest BCUT2D eigenvalue weighted by atomic mass is 16.6. The maximum atomic E-state index is 4.99. The number of unbranched alkanes of at least 4 members (excludes halogenated alkanes) is 1. The Morgan fingerprint density at radius 1 is 1.60 bits per heavy atom. The first-order valence-electron chi connectivity index (χ1n) is 4.09. The molecule has 0 aromatic heterocycles. The first-order valence-corrected chi connectivity index (χ1v) is 4.09. The van der Waals surface area contributed by atoms with Crippen LogP contribution in [0.25, 0.3) is 0 Å². The minimum atomic E-state index is 0.738. The Hall–Kier alpha value is -0.530. The van der Waals surface area contributed by atoms with E-state index in [9.17, 15) is 0 Å². The Kier molecular flexibility index (Phi) is 3.27. The lowest BCUT2D eigenvalue weighted by Crippen LogP contribution is -1.87. The van der Waals surface area contributed by atoms with Gasteiger partial charge in [0, 0.05) is 6.21 Å². The Labute approximate surface area is 62.3 Å². The van der Waals surface area contributed by atoms with Crippen molar-refractivity contribution in [2.24, 2.45) is 11.1 Å². The van der Waals surface area contributed by atoms with Gasteiger partial charge in [-0.05, 0) is 25.2 Å². The van der Waals surface area contributed by atoms with Gasteiger partial charge >= 0.3 is 0 Å². The summed E-state index contributed by atoms with van der Waals surface area (Å²) in [6.45, 7) is 2.92. The van der Waals surface area contributed by atoms with E-state index in [0.717, 1.165) is 18.9 Å². The predicted molar refractivity (Wildman–Crippen MR) is 42.1 cm³/mol. The second-order valence-corrected chi connectivity index (χ2v) is 2.78. The van der Waals surface area contributed by atoms with E-state index in [4.69, 9.17) is 4.84 Å². The average molecular weight is 141 g/mol. The van der Waals surface area contributed by atoms with Gasteiger partial charge < -0.3 is 4.84 Å². The van der Waals surface area contributed by atoms with Gasteiger partial charge in [0.25, 0.3) is 0 Å². The van der Waals surface area contributed by atoms with Crippen LogP contribution in [0.3, 0.4) is 0 Å². The van der Waals surface area contributed by atoms with E-state index in [2.05, 4.69) is 12.1 Å². The van der Waals surface area contributed by atoms with Crippen molar-refractivity contribution in [3.05, 3.63) is 0 Å². The molecule has 1 aliphatic rings. The molecule has 1 saturated carbocycles. The fraction of sp³-hybridized carbons (Fsp3) is 0.875. The summed E-state index contributed by atoms with van der Waals surface area (Å²) >= 11 is 0. The number of nitrogens with zero attached hydrogens (tertiary/aromatic N) is 1. The molecule has 1 fully saturated rings. The summed E-state index contributed by atoms with van der Waals surface area (Å²) in [6, 6.07) is 0. The molecule has 58 valence electrons. The van der Waals surface area contributed by atoms with Gasteiger partial charge in [-0.15, -0.1) is 0 Å². The van der Waals surface area contributed by atoms with Gasteiger partial charge in [-0.1, -0.05) is 18.5 Å². The summed E-state index contributed by atoms with van der Waals surface area (Å²) in [5.74, 6) is 0.738. The first kappa shape index (κ1) is 7.58. The summed E-state index contributed by atoms with van der Waals surface area (Å²) in [4.78, 5) is 4.99. The van der Waals surface area contributed by atoms with Crippen LogP contribution in [0.1, 0.15) is 32.6 Å². The molecule has 0 spiro atoms. The van der Waals surface area contributed by atoms with Crippen molar-refractivity contribution in [3.8, 4) is 0 Å². The molecule has 0 radical (unpaired) electrons. The minimum absolute atomic E-state index is 0.738. The second kappa shape index (κ2) is 4.31. The van der Waals surface area contributed by atoms with Crippen molar-refractivity contribution in [1.29, 1.82) is 0 Å². The van der Waals surface area contributed by atoms with Crippen LogP contribution in [0, 0.1) is 5.92 Å². The molecule has 0 aromatic rings. The fourth-order valence-corrected chi connectivity index (χ4v) is 0.636. The van der Waals surface area contributed by atoms with Gasteiger partial charge in [-0.3, -0.25) is 0 Å². The second-order valence-electron chi connectivity index (χ2n) is 2.78. The Bertz CT molecular complexity index is 108. The van der Waals surface area contributed by atoms with Gasteiger partial charge in [0.1, 0.15) is 6.61 Å². The third kappa shape index (κ3) is 3.49. The van der Waals surface area contributed by atoms with Crippen LogP contribution in [0.4, 0.5) is 0 Å². The van der Waals surface area contributed by atoms with E-state index >= 15 is 0 Å². The molecule has 0 saturated heterocycles. The van der Waals surface area contributed by atoms with Crippen molar-refractivity contribution in [3.63, 3.8) is 0 Å². The van der Waals surface area contributed by atoms with Crippen molar-refractivity contribution >= 4 is 6.21 Å². The zero-order valence-electron chi connectivity index (χ0n) is 6.55. The van der Waals surface area contributed by atoms with Gasteiger partial charge in [-0.25, -0.2) is 0 Å². The fourth-order valence-electron chi connectivity index (χ4n) is 0.636. The summed E-state index contributed by atoms with van der Waals surface area (Å²) in [5, 5.41) is 3.85. The predicted octanol–water partition coefficient (Wildman–Crippen LogP) is 2.20. The highest BCUT2D eigenvalue weighted by molar-refractivity contribution is 5.62. The monoisotopic (exact) mass is 141 g/mol. The van der Waals surface area contributed by atoms with Crippen molar-refractivity contribution in [2.75, 3.05) is 6.61 Å². The summed E-state index contributed by atoms with van der Waals surface area (Å²) in [5.41, 5.74) is 0. The SMILES string of the molecule is CCCCON=CC1CC1. The summed E-state index contributed by atoms with van der Waals surface area (Å²) in [6.07, 6.45) is 6.83. The molecular formula is C8H15NO. The third-order valence-corrected chi connectivity index (χ3v) is 1.56. The largest absolute Gasteiger partial charge is 0.396 e. The molecule has 0 heterocycles. The molecule has 2 heteroatoms. The molecule has 2 nitrogen and oxygen atoms in total. The van der Waals surface area contributed by atoms with Gasteiger partial charge in [-0.2, -0.15) is 0 Å². The topological polar surface area (TPSA) is 21.6 Å². The standard InChI is InChI=1S/C8H15NO/c1-2-3-6-10-9-7-8-4-5-8/h7-8H,2-6H2,1H3. The Morgan fingerprint density at radius 2 is 2.40 bits per heavy atom. The van der Waals surface area contributed by atoms with Crippen LogP contribution in [0.2, 0.25) is 0 Å².